The summed E-state index contributed by atoms with van der Waals surface area (Å²) < 4.78 is 7.47. The zero-order chi connectivity index (χ0) is 42.2. The van der Waals surface area contributed by atoms with Crippen molar-refractivity contribution < 1.29 is 0 Å². The van der Waals surface area contributed by atoms with Crippen LogP contribution in [-0.2, 0) is 0 Å². The molecule has 0 saturated carbocycles. The van der Waals surface area contributed by atoms with E-state index in [2.05, 4.69) is 262 Å². The summed E-state index contributed by atoms with van der Waals surface area (Å²) in [6, 6.07) is 92.3. The van der Waals surface area contributed by atoms with E-state index in [0.29, 0.717) is 0 Å². The Balaban J connectivity index is 1.11. The third kappa shape index (κ3) is 5.27. The second-order valence-electron chi connectivity index (χ2n) is 16.8. The van der Waals surface area contributed by atoms with E-state index in [1.165, 1.54) is 86.2 Å². The van der Waals surface area contributed by atoms with E-state index in [1.807, 2.05) is 0 Å². The Morgan fingerprint density at radius 1 is 0.234 bits per heavy atom. The van der Waals surface area contributed by atoms with Crippen molar-refractivity contribution in [2.75, 3.05) is 0 Å². The van der Waals surface area contributed by atoms with Crippen molar-refractivity contribution in [3.8, 4) is 17.1 Å². The molecule has 0 atom stereocenters. The fraction of sp³-hybridized carbons (Fsp3) is 0. The van der Waals surface area contributed by atoms with E-state index in [1.54, 1.807) is 0 Å². The van der Waals surface area contributed by atoms with E-state index in [0.717, 1.165) is 17.1 Å². The van der Waals surface area contributed by atoms with Crippen LogP contribution in [0.15, 0.2) is 249 Å². The molecule has 13 aromatic rings. The van der Waals surface area contributed by atoms with Crippen LogP contribution in [0.5, 0.6) is 0 Å². The minimum Gasteiger partial charge on any atom is -0.309 e. The van der Waals surface area contributed by atoms with E-state index >= 15 is 0 Å². The van der Waals surface area contributed by atoms with Crippen LogP contribution in [-0.4, -0.2) is 21.8 Å². The standard InChI is InChI=1S/C60H41N3Si/c1-4-21-44(22-5-1)64(45-23-6-2-7-24-45,46-25-8-3-9-26-46)47-27-18-20-42(40-47)62-56-35-16-13-31-51(56)53-32-19-37-58(60(53)62)63-57-36-17-12-30-50(57)52-39-38-43(41-59(52)63)61-54-33-14-10-28-48(54)49-29-11-15-34-55(49)61/h1-41H. The molecule has 0 fully saturated rings. The molecule has 0 unspecified atom stereocenters. The normalized spacial score (nSPS) is 12.1. The Morgan fingerprint density at radius 3 is 1.17 bits per heavy atom. The number of hydrogen-bond donors (Lipinski definition) is 0. The molecule has 13 rings (SSSR count). The van der Waals surface area contributed by atoms with Gasteiger partial charge in [-0.15, -0.1) is 0 Å². The maximum absolute atomic E-state index is 2.81. The molecule has 3 nitrogen and oxygen atoms in total. The monoisotopic (exact) mass is 831 g/mol. The van der Waals surface area contributed by atoms with E-state index in [4.69, 9.17) is 0 Å². The first-order chi connectivity index (χ1) is 31.8. The molecule has 3 heterocycles. The third-order valence-electron chi connectivity index (χ3n) is 13.6. The van der Waals surface area contributed by atoms with Crippen LogP contribution in [0.2, 0.25) is 0 Å². The smallest absolute Gasteiger partial charge is 0.179 e. The summed E-state index contributed by atoms with van der Waals surface area (Å²) in [5.41, 5.74) is 10.5. The molecule has 10 aromatic carbocycles. The molecular weight excluding hydrogens is 791 g/mol. The van der Waals surface area contributed by atoms with Crippen molar-refractivity contribution in [3.63, 3.8) is 0 Å². The summed E-state index contributed by atoms with van der Waals surface area (Å²) in [6.45, 7) is 0. The molecule has 300 valence electrons. The molecule has 0 aliphatic rings. The molecule has 4 heteroatoms. The van der Waals surface area contributed by atoms with Gasteiger partial charge in [0.1, 0.15) is 0 Å². The predicted molar refractivity (Wildman–Crippen MR) is 273 cm³/mol. The minimum atomic E-state index is -2.81. The lowest BCUT2D eigenvalue weighted by Crippen LogP contribution is -2.74. The van der Waals surface area contributed by atoms with E-state index in [-0.39, 0.29) is 0 Å². The predicted octanol–water partition coefficient (Wildman–Crippen LogP) is 12.4. The molecule has 3 aromatic heterocycles. The summed E-state index contributed by atoms with van der Waals surface area (Å²) >= 11 is 0. The fourth-order valence-electron chi connectivity index (χ4n) is 11.0. The number of hydrogen-bond acceptors (Lipinski definition) is 0. The number of aromatic nitrogens is 3. The van der Waals surface area contributed by atoms with Crippen LogP contribution in [0, 0.1) is 0 Å². The Morgan fingerprint density at radius 2 is 0.625 bits per heavy atom. The van der Waals surface area contributed by atoms with Gasteiger partial charge in [-0.25, -0.2) is 0 Å². The molecule has 0 bridgehead atoms. The van der Waals surface area contributed by atoms with Gasteiger partial charge < -0.3 is 13.7 Å². The average molecular weight is 832 g/mol. The maximum Gasteiger partial charge on any atom is 0.179 e. The van der Waals surface area contributed by atoms with Gasteiger partial charge in [-0.1, -0.05) is 194 Å². The zero-order valence-corrected chi connectivity index (χ0v) is 36.0. The number of para-hydroxylation sites is 5. The van der Waals surface area contributed by atoms with E-state index in [9.17, 15) is 0 Å². The zero-order valence-electron chi connectivity index (χ0n) is 35.0. The highest BCUT2D eigenvalue weighted by Gasteiger charge is 2.41. The first-order valence-corrected chi connectivity index (χ1v) is 24.1. The molecule has 0 aliphatic heterocycles. The molecule has 0 amide bonds. The summed E-state index contributed by atoms with van der Waals surface area (Å²) in [6.07, 6.45) is 0. The first kappa shape index (κ1) is 36.5. The summed E-state index contributed by atoms with van der Waals surface area (Å²) in [4.78, 5) is 0. The van der Waals surface area contributed by atoms with Crippen LogP contribution in [0.4, 0.5) is 0 Å². The van der Waals surface area contributed by atoms with Gasteiger partial charge in [-0.05, 0) is 75.3 Å². The van der Waals surface area contributed by atoms with Crippen molar-refractivity contribution in [1.82, 2.24) is 13.7 Å². The molecular formula is C60H41N3Si. The Bertz CT molecular complexity index is 3750. The largest absolute Gasteiger partial charge is 0.309 e. The molecule has 64 heavy (non-hydrogen) atoms. The summed E-state index contributed by atoms with van der Waals surface area (Å²) in [5, 5.41) is 12.8. The van der Waals surface area contributed by atoms with Crippen LogP contribution in [0.1, 0.15) is 0 Å². The Hall–Kier alpha value is -8.18. The van der Waals surface area contributed by atoms with Crippen molar-refractivity contribution in [2.24, 2.45) is 0 Å². The first-order valence-electron chi connectivity index (χ1n) is 22.1. The quantitative estimate of drug-likeness (QED) is 0.112. The van der Waals surface area contributed by atoms with Gasteiger partial charge in [0.15, 0.2) is 8.07 Å². The average Bonchev–Trinajstić information content (AvgIpc) is 4.01. The number of rotatable bonds is 7. The number of fused-ring (bicyclic) bond motifs is 9. The fourth-order valence-corrected chi connectivity index (χ4v) is 15.7. The SMILES string of the molecule is c1ccc([Si](c2ccccc2)(c2ccccc2)c2cccc(-n3c4ccccc4c4cccc(-n5c6ccccc6c6ccc(-n7c8ccccc8c8ccccc87)cc65)c43)c2)cc1. The van der Waals surface area contributed by atoms with Gasteiger partial charge in [0.25, 0.3) is 0 Å². The second-order valence-corrected chi connectivity index (χ2v) is 20.7. The molecule has 0 N–H and O–H groups in total. The number of nitrogens with zero attached hydrogens (tertiary/aromatic N) is 3. The summed E-state index contributed by atoms with van der Waals surface area (Å²) in [7, 11) is -2.81. The maximum atomic E-state index is 2.53. The van der Waals surface area contributed by atoms with Gasteiger partial charge in [0.2, 0.25) is 0 Å². The lowest BCUT2D eigenvalue weighted by Gasteiger charge is -2.34. The molecule has 0 radical (unpaired) electrons. The Kier molecular flexibility index (Phi) is 8.23. The minimum absolute atomic E-state index is 1.14. The van der Waals surface area contributed by atoms with Crippen LogP contribution in [0.3, 0.4) is 0 Å². The Labute approximate surface area is 372 Å². The molecule has 0 spiro atoms. The second kappa shape index (κ2) is 14.5. The van der Waals surface area contributed by atoms with Gasteiger partial charge in [-0.3, -0.25) is 0 Å². The third-order valence-corrected chi connectivity index (χ3v) is 18.3. The van der Waals surface area contributed by atoms with Crippen LogP contribution in [0.25, 0.3) is 82.5 Å². The van der Waals surface area contributed by atoms with Gasteiger partial charge >= 0.3 is 0 Å². The van der Waals surface area contributed by atoms with Crippen molar-refractivity contribution in [2.45, 2.75) is 0 Å². The topological polar surface area (TPSA) is 14.8 Å². The van der Waals surface area contributed by atoms with Crippen LogP contribution < -0.4 is 20.7 Å². The number of benzene rings is 10. The summed E-state index contributed by atoms with van der Waals surface area (Å²) in [5.74, 6) is 0. The highest BCUT2D eigenvalue weighted by Crippen LogP contribution is 2.41. The van der Waals surface area contributed by atoms with Crippen LogP contribution >= 0.6 is 0 Å². The highest BCUT2D eigenvalue weighted by molar-refractivity contribution is 7.19. The molecule has 0 saturated heterocycles. The van der Waals surface area contributed by atoms with Crippen molar-refractivity contribution in [3.05, 3.63) is 249 Å². The highest BCUT2D eigenvalue weighted by atomic mass is 28.3. The lowest BCUT2D eigenvalue weighted by molar-refractivity contribution is 1.13. The molecule has 0 aliphatic carbocycles. The van der Waals surface area contributed by atoms with Gasteiger partial charge in [0, 0.05) is 43.7 Å². The van der Waals surface area contributed by atoms with E-state index < -0.39 is 8.07 Å². The van der Waals surface area contributed by atoms with Gasteiger partial charge in [-0.2, -0.15) is 0 Å². The van der Waals surface area contributed by atoms with Crippen molar-refractivity contribution >= 4 is 94.2 Å². The van der Waals surface area contributed by atoms with Gasteiger partial charge in [0.05, 0.1) is 38.8 Å². The lowest BCUT2D eigenvalue weighted by atomic mass is 10.1. The van der Waals surface area contributed by atoms with Crippen molar-refractivity contribution in [1.29, 1.82) is 0 Å².